The van der Waals surface area contributed by atoms with Crippen molar-refractivity contribution in [1.29, 1.82) is 0 Å². The number of esters is 1. The fourth-order valence-corrected chi connectivity index (χ4v) is 5.63. The summed E-state index contributed by atoms with van der Waals surface area (Å²) in [4.78, 5) is 52.4. The number of benzene rings is 2. The van der Waals surface area contributed by atoms with E-state index < -0.39 is 23.8 Å². The number of hydrogen-bond acceptors (Lipinski definition) is 5. The van der Waals surface area contributed by atoms with E-state index in [4.69, 9.17) is 16.3 Å². The molecule has 1 aliphatic heterocycles. The van der Waals surface area contributed by atoms with E-state index in [1.54, 1.807) is 42.5 Å². The van der Waals surface area contributed by atoms with Gasteiger partial charge in [-0.25, -0.2) is 9.59 Å². The summed E-state index contributed by atoms with van der Waals surface area (Å²) in [6.07, 6.45) is 5.24. The summed E-state index contributed by atoms with van der Waals surface area (Å²) in [6.45, 7) is 0. The summed E-state index contributed by atoms with van der Waals surface area (Å²) in [5.74, 6) is -1.05. The molecule has 3 aliphatic rings. The van der Waals surface area contributed by atoms with Crippen molar-refractivity contribution in [3.63, 3.8) is 0 Å². The minimum Gasteiger partial charge on any atom is -0.422 e. The highest BCUT2D eigenvalue weighted by molar-refractivity contribution is 9.10. The fraction of sp³-hybridized carbons (Fsp3) is 0.280. The predicted octanol–water partition coefficient (Wildman–Crippen LogP) is 4.97. The van der Waals surface area contributed by atoms with Crippen molar-refractivity contribution in [3.8, 4) is 5.75 Å². The van der Waals surface area contributed by atoms with Crippen LogP contribution in [0.1, 0.15) is 41.6 Å². The zero-order valence-electron chi connectivity index (χ0n) is 17.9. The van der Waals surface area contributed by atoms with Crippen molar-refractivity contribution >= 4 is 57.4 Å². The van der Waals surface area contributed by atoms with Crippen molar-refractivity contribution in [2.24, 2.45) is 11.8 Å². The zero-order chi connectivity index (χ0) is 24.0. The third-order valence-corrected chi connectivity index (χ3v) is 7.46. The number of imide groups is 2. The number of rotatable bonds is 4. The second-order valence-electron chi connectivity index (χ2n) is 8.81. The van der Waals surface area contributed by atoms with E-state index in [0.717, 1.165) is 25.7 Å². The molecule has 0 radical (unpaired) electrons. The zero-order valence-corrected chi connectivity index (χ0v) is 20.3. The molecule has 9 heteroatoms. The standard InChI is InChI=1S/C25H20BrClN2O5/c26-17-5-8-21(34-24(32)14-3-6-18(27)7-4-14)16(11-17)12-19-22(30)28-25(33)29(23(19)31)20-10-13-1-2-15(20)9-13/h3-8,11-13,15,20H,1-2,9-10H2,(H,28,30,33)/b19-12-/t13-,15-,20+/m0/s1. The number of halogens is 2. The van der Waals surface area contributed by atoms with Gasteiger partial charge in [0, 0.05) is 21.1 Å². The van der Waals surface area contributed by atoms with Crippen molar-refractivity contribution < 1.29 is 23.9 Å². The van der Waals surface area contributed by atoms with Gasteiger partial charge in [-0.2, -0.15) is 0 Å². The van der Waals surface area contributed by atoms with E-state index in [1.165, 1.54) is 11.0 Å². The molecule has 1 saturated heterocycles. The molecular formula is C25H20BrClN2O5. The Morgan fingerprint density at radius 3 is 2.53 bits per heavy atom. The van der Waals surface area contributed by atoms with Crippen molar-refractivity contribution in [3.05, 3.63) is 68.7 Å². The Kier molecular flexibility index (Phi) is 6.04. The molecule has 1 heterocycles. The Morgan fingerprint density at radius 2 is 1.85 bits per heavy atom. The van der Waals surface area contributed by atoms with Gasteiger partial charge in [0.15, 0.2) is 0 Å². The van der Waals surface area contributed by atoms with E-state index in [9.17, 15) is 19.2 Å². The van der Waals surface area contributed by atoms with Crippen LogP contribution in [0.4, 0.5) is 4.79 Å². The maximum Gasteiger partial charge on any atom is 0.343 e. The highest BCUT2D eigenvalue weighted by Gasteiger charge is 2.49. The lowest BCUT2D eigenvalue weighted by atomic mass is 9.93. The smallest absolute Gasteiger partial charge is 0.343 e. The van der Waals surface area contributed by atoms with Crippen molar-refractivity contribution in [2.45, 2.75) is 31.7 Å². The Labute approximate surface area is 209 Å². The SMILES string of the molecule is O=C1NC(=O)N([C@@H]2C[C@H]3CC[C@H]2C3)C(=O)/C1=C\c1cc(Br)ccc1OC(=O)c1ccc(Cl)cc1. The molecule has 5 rings (SSSR count). The predicted molar refractivity (Wildman–Crippen MR) is 128 cm³/mol. The number of ether oxygens (including phenoxy) is 1. The van der Waals surface area contributed by atoms with Crippen LogP contribution >= 0.6 is 27.5 Å². The molecule has 4 amide bonds. The number of barbiturate groups is 1. The molecule has 0 unspecified atom stereocenters. The maximum absolute atomic E-state index is 13.3. The summed E-state index contributed by atoms with van der Waals surface area (Å²) >= 11 is 9.26. The van der Waals surface area contributed by atoms with Gasteiger partial charge in [0.05, 0.1) is 5.56 Å². The molecule has 0 aromatic heterocycles. The van der Waals surface area contributed by atoms with Crippen LogP contribution in [-0.4, -0.2) is 34.8 Å². The fourth-order valence-electron chi connectivity index (χ4n) is 5.13. The van der Waals surface area contributed by atoms with Gasteiger partial charge in [0.2, 0.25) is 0 Å². The molecule has 2 saturated carbocycles. The number of hydrogen-bond donors (Lipinski definition) is 1. The molecule has 1 N–H and O–H groups in total. The number of nitrogens with one attached hydrogen (secondary N) is 1. The average Bonchev–Trinajstić information content (AvgIpc) is 3.42. The Balaban J connectivity index is 1.45. The minimum atomic E-state index is -0.774. The van der Waals surface area contributed by atoms with Crippen LogP contribution < -0.4 is 10.1 Å². The highest BCUT2D eigenvalue weighted by atomic mass is 79.9. The molecule has 2 aliphatic carbocycles. The second kappa shape index (κ2) is 9.00. The number of urea groups is 1. The summed E-state index contributed by atoms with van der Waals surface area (Å²) in [7, 11) is 0. The van der Waals surface area contributed by atoms with Gasteiger partial charge >= 0.3 is 12.0 Å². The minimum absolute atomic E-state index is 0.166. The van der Waals surface area contributed by atoms with Crippen LogP contribution in [0, 0.1) is 11.8 Å². The first-order valence-corrected chi connectivity index (χ1v) is 12.1. The number of fused-ring (bicyclic) bond motifs is 2. The van der Waals surface area contributed by atoms with Gasteiger partial charge in [0.25, 0.3) is 11.8 Å². The molecular weight excluding hydrogens is 524 g/mol. The number of nitrogens with zero attached hydrogens (tertiary/aromatic N) is 1. The van der Waals surface area contributed by atoms with Crippen LogP contribution in [0.15, 0.2) is 52.5 Å². The monoisotopic (exact) mass is 542 g/mol. The first-order chi connectivity index (χ1) is 16.3. The summed E-state index contributed by atoms with van der Waals surface area (Å²) in [6, 6.07) is 10.2. The molecule has 0 spiro atoms. The van der Waals surface area contributed by atoms with Crippen LogP contribution in [0.3, 0.4) is 0 Å². The van der Waals surface area contributed by atoms with Crippen LogP contribution in [0.5, 0.6) is 5.75 Å². The van der Waals surface area contributed by atoms with Gasteiger partial charge in [0.1, 0.15) is 11.3 Å². The number of carbonyl (C=O) groups is 4. The lowest BCUT2D eigenvalue weighted by molar-refractivity contribution is -0.132. The average molecular weight is 544 g/mol. The molecule has 34 heavy (non-hydrogen) atoms. The number of amides is 4. The van der Waals surface area contributed by atoms with E-state index in [1.807, 2.05) is 0 Å². The Bertz CT molecular complexity index is 1240. The van der Waals surface area contributed by atoms with E-state index in [2.05, 4.69) is 21.2 Å². The third-order valence-electron chi connectivity index (χ3n) is 6.72. The molecule has 2 aromatic rings. The summed E-state index contributed by atoms with van der Waals surface area (Å²) in [5.41, 5.74) is 0.465. The first kappa shape index (κ1) is 22.8. The van der Waals surface area contributed by atoms with E-state index >= 15 is 0 Å². The van der Waals surface area contributed by atoms with Crippen LogP contribution in [0.25, 0.3) is 6.08 Å². The normalized spacial score (nSPS) is 25.1. The quantitative estimate of drug-likeness (QED) is 0.254. The van der Waals surface area contributed by atoms with Gasteiger partial charge < -0.3 is 4.74 Å². The topological polar surface area (TPSA) is 92.8 Å². The van der Waals surface area contributed by atoms with E-state index in [-0.39, 0.29) is 23.3 Å². The number of carbonyl (C=O) groups excluding carboxylic acids is 4. The van der Waals surface area contributed by atoms with Crippen molar-refractivity contribution in [2.75, 3.05) is 0 Å². The molecule has 2 aromatic carbocycles. The van der Waals surface area contributed by atoms with Gasteiger partial charge in [-0.05, 0) is 79.6 Å². The summed E-state index contributed by atoms with van der Waals surface area (Å²) < 4.78 is 6.22. The largest absolute Gasteiger partial charge is 0.422 e. The van der Waals surface area contributed by atoms with E-state index in [0.29, 0.717) is 26.5 Å². The highest BCUT2D eigenvalue weighted by Crippen LogP contribution is 2.47. The van der Waals surface area contributed by atoms with Crippen LogP contribution in [0.2, 0.25) is 5.02 Å². The van der Waals surface area contributed by atoms with Crippen molar-refractivity contribution in [1.82, 2.24) is 10.2 Å². The van der Waals surface area contributed by atoms with Gasteiger partial charge in [-0.1, -0.05) is 34.0 Å². The van der Waals surface area contributed by atoms with Gasteiger partial charge in [-0.3, -0.25) is 19.8 Å². The third kappa shape index (κ3) is 4.28. The molecule has 7 nitrogen and oxygen atoms in total. The molecule has 174 valence electrons. The Hall–Kier alpha value is -2.97. The maximum atomic E-state index is 13.3. The van der Waals surface area contributed by atoms with Crippen LogP contribution in [-0.2, 0) is 9.59 Å². The first-order valence-electron chi connectivity index (χ1n) is 11.0. The molecule has 2 bridgehead atoms. The Morgan fingerprint density at radius 1 is 1.09 bits per heavy atom. The molecule has 3 atom stereocenters. The lowest BCUT2D eigenvalue weighted by Gasteiger charge is -2.35. The lowest BCUT2D eigenvalue weighted by Crippen LogP contribution is -2.58. The summed E-state index contributed by atoms with van der Waals surface area (Å²) in [5, 5.41) is 2.79. The van der Waals surface area contributed by atoms with Gasteiger partial charge in [-0.15, -0.1) is 0 Å². The second-order valence-corrected chi connectivity index (χ2v) is 10.2. The molecule has 3 fully saturated rings.